The Morgan fingerprint density at radius 3 is 2.40 bits per heavy atom. The standard InChI is InChI=1S/C10H19NO3S/c1-4-5-6-15-9(10(13)14)11-8(12)7(2)3/h7,9H,4-6H2,1-3H3,(H,11,12)(H,13,14). The lowest BCUT2D eigenvalue weighted by atomic mass is 10.2. The van der Waals surface area contributed by atoms with Crippen molar-refractivity contribution in [3.8, 4) is 0 Å². The smallest absolute Gasteiger partial charge is 0.336 e. The summed E-state index contributed by atoms with van der Waals surface area (Å²) in [5.74, 6) is -0.624. The summed E-state index contributed by atoms with van der Waals surface area (Å²) in [7, 11) is 0. The highest BCUT2D eigenvalue weighted by atomic mass is 32.2. The lowest BCUT2D eigenvalue weighted by molar-refractivity contribution is -0.139. The van der Waals surface area contributed by atoms with E-state index in [1.807, 2.05) is 6.92 Å². The van der Waals surface area contributed by atoms with Crippen LogP contribution in [0.4, 0.5) is 0 Å². The first-order chi connectivity index (χ1) is 6.99. The van der Waals surface area contributed by atoms with Crippen LogP contribution in [0, 0.1) is 5.92 Å². The number of unbranched alkanes of at least 4 members (excludes halogenated alkanes) is 1. The van der Waals surface area contributed by atoms with Crippen molar-refractivity contribution in [3.05, 3.63) is 0 Å². The Kier molecular flexibility index (Phi) is 7.21. The number of nitrogens with one attached hydrogen (secondary N) is 1. The van der Waals surface area contributed by atoms with Crippen molar-refractivity contribution >= 4 is 23.6 Å². The van der Waals surface area contributed by atoms with E-state index in [-0.39, 0.29) is 11.8 Å². The van der Waals surface area contributed by atoms with Crippen LogP contribution in [-0.4, -0.2) is 28.1 Å². The van der Waals surface area contributed by atoms with Crippen molar-refractivity contribution in [3.63, 3.8) is 0 Å². The number of hydrogen-bond acceptors (Lipinski definition) is 3. The van der Waals surface area contributed by atoms with Gasteiger partial charge < -0.3 is 10.4 Å². The Labute approximate surface area is 94.8 Å². The van der Waals surface area contributed by atoms with Crippen molar-refractivity contribution in [1.82, 2.24) is 5.32 Å². The highest BCUT2D eigenvalue weighted by Gasteiger charge is 2.21. The van der Waals surface area contributed by atoms with E-state index in [1.165, 1.54) is 11.8 Å². The fraction of sp³-hybridized carbons (Fsp3) is 0.800. The van der Waals surface area contributed by atoms with Gasteiger partial charge in [0.15, 0.2) is 5.37 Å². The van der Waals surface area contributed by atoms with E-state index in [2.05, 4.69) is 5.32 Å². The zero-order valence-corrected chi connectivity index (χ0v) is 10.3. The van der Waals surface area contributed by atoms with Gasteiger partial charge in [-0.05, 0) is 12.2 Å². The first kappa shape index (κ1) is 14.3. The summed E-state index contributed by atoms with van der Waals surface area (Å²) in [5.41, 5.74) is 0. The van der Waals surface area contributed by atoms with E-state index in [1.54, 1.807) is 13.8 Å². The molecule has 5 heteroatoms. The molecule has 0 aliphatic carbocycles. The number of carboxylic acids is 1. The van der Waals surface area contributed by atoms with Gasteiger partial charge in [-0.25, -0.2) is 4.79 Å². The average Bonchev–Trinajstić information content (AvgIpc) is 2.15. The molecule has 0 heterocycles. The third kappa shape index (κ3) is 6.38. The fourth-order valence-corrected chi connectivity index (χ4v) is 1.85. The molecule has 0 aromatic carbocycles. The van der Waals surface area contributed by atoms with Crippen LogP contribution in [0.1, 0.15) is 33.6 Å². The maximum atomic E-state index is 11.3. The molecule has 0 aromatic rings. The molecular weight excluding hydrogens is 214 g/mol. The molecule has 0 radical (unpaired) electrons. The Balaban J connectivity index is 4.05. The molecule has 2 N–H and O–H groups in total. The predicted molar refractivity (Wildman–Crippen MR) is 61.8 cm³/mol. The van der Waals surface area contributed by atoms with Gasteiger partial charge in [0, 0.05) is 5.92 Å². The topological polar surface area (TPSA) is 66.4 Å². The van der Waals surface area contributed by atoms with Gasteiger partial charge in [0.1, 0.15) is 0 Å². The van der Waals surface area contributed by atoms with Gasteiger partial charge in [-0.3, -0.25) is 4.79 Å². The molecule has 0 saturated heterocycles. The Bertz CT molecular complexity index is 219. The zero-order chi connectivity index (χ0) is 11.8. The molecule has 0 bridgehead atoms. The van der Waals surface area contributed by atoms with Crippen LogP contribution < -0.4 is 5.32 Å². The highest BCUT2D eigenvalue weighted by molar-refractivity contribution is 8.00. The van der Waals surface area contributed by atoms with Gasteiger partial charge in [-0.1, -0.05) is 27.2 Å². The molecule has 0 fully saturated rings. The lowest BCUT2D eigenvalue weighted by Gasteiger charge is -2.15. The van der Waals surface area contributed by atoms with Crippen LogP contribution in [-0.2, 0) is 9.59 Å². The monoisotopic (exact) mass is 233 g/mol. The molecular formula is C10H19NO3S. The van der Waals surface area contributed by atoms with Crippen molar-refractivity contribution in [2.24, 2.45) is 5.92 Å². The van der Waals surface area contributed by atoms with E-state index in [9.17, 15) is 9.59 Å². The summed E-state index contributed by atoms with van der Waals surface area (Å²) in [6.07, 6.45) is 1.99. The van der Waals surface area contributed by atoms with Gasteiger partial charge in [-0.15, -0.1) is 11.8 Å². The minimum atomic E-state index is -0.981. The second-order valence-electron chi connectivity index (χ2n) is 3.61. The summed E-state index contributed by atoms with van der Waals surface area (Å²) >= 11 is 1.27. The summed E-state index contributed by atoms with van der Waals surface area (Å²) in [6, 6.07) is 0. The fourth-order valence-electron chi connectivity index (χ4n) is 0.816. The largest absolute Gasteiger partial charge is 0.479 e. The molecule has 88 valence electrons. The first-order valence-corrected chi connectivity index (χ1v) is 6.18. The Hall–Kier alpha value is -0.710. The van der Waals surface area contributed by atoms with Gasteiger partial charge in [0.05, 0.1) is 0 Å². The number of amides is 1. The van der Waals surface area contributed by atoms with E-state index < -0.39 is 11.3 Å². The van der Waals surface area contributed by atoms with Gasteiger partial charge in [0.2, 0.25) is 5.91 Å². The van der Waals surface area contributed by atoms with Crippen LogP contribution in [0.2, 0.25) is 0 Å². The summed E-state index contributed by atoms with van der Waals surface area (Å²) in [4.78, 5) is 22.1. The Morgan fingerprint density at radius 1 is 1.40 bits per heavy atom. The summed E-state index contributed by atoms with van der Waals surface area (Å²) in [6.45, 7) is 5.53. The minimum absolute atomic E-state index is 0.182. The molecule has 1 amide bonds. The third-order valence-corrected chi connectivity index (χ3v) is 2.98. The third-order valence-electron chi connectivity index (χ3n) is 1.80. The quantitative estimate of drug-likeness (QED) is 0.519. The molecule has 4 nitrogen and oxygen atoms in total. The lowest BCUT2D eigenvalue weighted by Crippen LogP contribution is -2.40. The van der Waals surface area contributed by atoms with Crippen LogP contribution in [0.15, 0.2) is 0 Å². The number of aliphatic carboxylic acids is 1. The molecule has 0 rings (SSSR count). The van der Waals surface area contributed by atoms with Gasteiger partial charge in [0.25, 0.3) is 0 Å². The second-order valence-corrected chi connectivity index (χ2v) is 4.82. The number of thioether (sulfide) groups is 1. The van der Waals surface area contributed by atoms with Crippen LogP contribution in [0.3, 0.4) is 0 Å². The maximum Gasteiger partial charge on any atom is 0.336 e. The molecule has 0 spiro atoms. The SMILES string of the molecule is CCCCSC(NC(=O)C(C)C)C(=O)O. The van der Waals surface area contributed by atoms with Crippen molar-refractivity contribution in [2.75, 3.05) is 5.75 Å². The molecule has 0 aromatic heterocycles. The van der Waals surface area contributed by atoms with E-state index in [0.717, 1.165) is 18.6 Å². The summed E-state index contributed by atoms with van der Waals surface area (Å²) < 4.78 is 0. The maximum absolute atomic E-state index is 11.3. The molecule has 1 unspecified atom stereocenters. The number of carbonyl (C=O) groups excluding carboxylic acids is 1. The minimum Gasteiger partial charge on any atom is -0.479 e. The molecule has 15 heavy (non-hydrogen) atoms. The van der Waals surface area contributed by atoms with Crippen molar-refractivity contribution in [2.45, 2.75) is 39.0 Å². The van der Waals surface area contributed by atoms with Gasteiger partial charge >= 0.3 is 5.97 Å². The molecule has 1 atom stereocenters. The normalized spacial score (nSPS) is 12.5. The Morgan fingerprint density at radius 2 is 2.00 bits per heavy atom. The molecule has 0 aliphatic rings. The van der Waals surface area contributed by atoms with Crippen LogP contribution in [0.25, 0.3) is 0 Å². The predicted octanol–water partition coefficient (Wildman–Crippen LogP) is 1.70. The van der Waals surface area contributed by atoms with Crippen LogP contribution in [0.5, 0.6) is 0 Å². The number of carbonyl (C=O) groups is 2. The molecule has 0 saturated carbocycles. The molecule has 0 aliphatic heterocycles. The summed E-state index contributed by atoms with van der Waals surface area (Å²) in [5, 5.41) is 10.6. The highest BCUT2D eigenvalue weighted by Crippen LogP contribution is 2.11. The number of hydrogen-bond donors (Lipinski definition) is 2. The number of carboxylic acid groups (broad SMARTS) is 1. The van der Waals surface area contributed by atoms with Gasteiger partial charge in [-0.2, -0.15) is 0 Å². The second kappa shape index (κ2) is 7.56. The van der Waals surface area contributed by atoms with Crippen molar-refractivity contribution < 1.29 is 14.7 Å². The van der Waals surface area contributed by atoms with E-state index >= 15 is 0 Å². The first-order valence-electron chi connectivity index (χ1n) is 5.13. The van der Waals surface area contributed by atoms with Crippen LogP contribution >= 0.6 is 11.8 Å². The zero-order valence-electron chi connectivity index (χ0n) is 9.45. The van der Waals surface area contributed by atoms with E-state index in [4.69, 9.17) is 5.11 Å². The number of rotatable bonds is 7. The average molecular weight is 233 g/mol. The van der Waals surface area contributed by atoms with E-state index in [0.29, 0.717) is 0 Å². The van der Waals surface area contributed by atoms with Crippen molar-refractivity contribution in [1.29, 1.82) is 0 Å².